The Morgan fingerprint density at radius 2 is 1.26 bits per heavy atom. The molecule has 46 heavy (non-hydrogen) atoms. The number of rotatable bonds is 18. The minimum absolute atomic E-state index is 0.00899. The number of hydrogen-bond acceptors (Lipinski definition) is 8. The first kappa shape index (κ1) is 40.0. The van der Waals surface area contributed by atoms with E-state index in [1.54, 1.807) is 27.2 Å². The van der Waals surface area contributed by atoms with Gasteiger partial charge in [-0.3, -0.25) is 0 Å². The van der Waals surface area contributed by atoms with Crippen molar-refractivity contribution in [1.29, 1.82) is 0 Å². The van der Waals surface area contributed by atoms with Gasteiger partial charge in [0.25, 0.3) is 8.32 Å². The third-order valence-electron chi connectivity index (χ3n) is 8.59. The molecular formula is C36H58O8Si2. The summed E-state index contributed by atoms with van der Waals surface area (Å²) in [6.07, 6.45) is 0.473. The Balaban J connectivity index is 2.81. The average molecular weight is 675 g/mol. The number of hydrogen-bond donors (Lipinski definition) is 0. The van der Waals surface area contributed by atoms with E-state index in [2.05, 4.69) is 103 Å². The third kappa shape index (κ3) is 10.4. The molecule has 258 valence electrons. The molecule has 0 fully saturated rings. The monoisotopic (exact) mass is 674 g/mol. The van der Waals surface area contributed by atoms with Crippen LogP contribution in [-0.4, -0.2) is 81.4 Å². The summed E-state index contributed by atoms with van der Waals surface area (Å²) in [6.45, 7) is 21.7. The summed E-state index contributed by atoms with van der Waals surface area (Å²) >= 11 is 0. The Morgan fingerprint density at radius 3 is 1.70 bits per heavy atom. The molecule has 0 aliphatic rings. The van der Waals surface area contributed by atoms with E-state index in [-0.39, 0.29) is 30.3 Å². The van der Waals surface area contributed by atoms with Gasteiger partial charge < -0.3 is 32.5 Å². The van der Waals surface area contributed by atoms with Gasteiger partial charge in [0, 0.05) is 20.3 Å². The molecule has 4 atom stereocenters. The molecule has 0 aliphatic carbocycles. The second kappa shape index (κ2) is 17.8. The highest BCUT2D eigenvalue weighted by atomic mass is 28.4. The maximum Gasteiger partial charge on any atom is 0.330 e. The van der Waals surface area contributed by atoms with Crippen LogP contribution in [0.1, 0.15) is 55.4 Å². The lowest BCUT2D eigenvalue weighted by atomic mass is 10.0. The van der Waals surface area contributed by atoms with Crippen LogP contribution in [-0.2, 0) is 37.3 Å². The summed E-state index contributed by atoms with van der Waals surface area (Å²) in [5.74, 6) is -0.467. The molecule has 8 nitrogen and oxygen atoms in total. The van der Waals surface area contributed by atoms with E-state index in [1.807, 2.05) is 19.1 Å². The van der Waals surface area contributed by atoms with Crippen LogP contribution in [0, 0.1) is 0 Å². The smallest absolute Gasteiger partial charge is 0.330 e. The predicted molar refractivity (Wildman–Crippen MR) is 190 cm³/mol. The number of esters is 1. The molecule has 0 aromatic heterocycles. The molecule has 0 N–H and O–H groups in total. The van der Waals surface area contributed by atoms with Gasteiger partial charge in [-0.25, -0.2) is 4.79 Å². The first-order valence-electron chi connectivity index (χ1n) is 16.1. The molecule has 0 saturated heterocycles. The zero-order chi connectivity index (χ0) is 34.6. The van der Waals surface area contributed by atoms with Crippen LogP contribution >= 0.6 is 0 Å². The Morgan fingerprint density at radius 1 is 0.761 bits per heavy atom. The molecule has 10 heteroatoms. The highest BCUT2D eigenvalue weighted by Gasteiger charge is 2.53. The second-order valence-corrected chi connectivity index (χ2v) is 23.0. The summed E-state index contributed by atoms with van der Waals surface area (Å²) in [5, 5.41) is 1.92. The van der Waals surface area contributed by atoms with Crippen molar-refractivity contribution in [3.05, 3.63) is 72.8 Å². The zero-order valence-electron chi connectivity index (χ0n) is 30.1. The minimum Gasteiger partial charge on any atom is -0.463 e. The molecule has 0 bridgehead atoms. The molecule has 2 rings (SSSR count). The van der Waals surface area contributed by atoms with E-state index in [9.17, 15) is 4.79 Å². The summed E-state index contributed by atoms with van der Waals surface area (Å²) in [5.41, 5.74) is 0. The minimum atomic E-state index is -2.99. The van der Waals surface area contributed by atoms with E-state index < -0.39 is 47.0 Å². The van der Waals surface area contributed by atoms with Gasteiger partial charge in [-0.15, -0.1) is 0 Å². The molecule has 0 amide bonds. The number of benzene rings is 2. The molecule has 0 radical (unpaired) electrons. The van der Waals surface area contributed by atoms with E-state index >= 15 is 0 Å². The van der Waals surface area contributed by atoms with Crippen LogP contribution < -0.4 is 10.4 Å². The van der Waals surface area contributed by atoms with Crippen molar-refractivity contribution >= 4 is 33.0 Å². The molecule has 0 spiro atoms. The van der Waals surface area contributed by atoms with Gasteiger partial charge in [-0.1, -0.05) is 102 Å². The fraction of sp³-hybridized carbons (Fsp3) is 0.583. The first-order chi connectivity index (χ1) is 21.6. The Hall–Kier alpha value is -2.16. The largest absolute Gasteiger partial charge is 0.463 e. The quantitative estimate of drug-likeness (QED) is 0.0774. The van der Waals surface area contributed by atoms with Crippen LogP contribution in [0.25, 0.3) is 0 Å². The van der Waals surface area contributed by atoms with Crippen LogP contribution in [0.15, 0.2) is 72.8 Å². The summed E-state index contributed by atoms with van der Waals surface area (Å²) in [6, 6.07) is 21.0. The lowest BCUT2D eigenvalue weighted by molar-refractivity contribution is -0.174. The highest BCUT2D eigenvalue weighted by molar-refractivity contribution is 6.99. The van der Waals surface area contributed by atoms with Gasteiger partial charge in [-0.2, -0.15) is 0 Å². The standard InChI is InChI=1S/C36H58O8Si2/c1-13-40-32(37)25-24-31(41-26-38-9)34(44-45(11,12)35(3,4)5)33(42-27-39-10)28(2)43-46(36(6,7)8,29-20-16-14-17-21-29)30-22-18-15-19-23-30/h14-25,28,31,33-34H,13,26-27H2,1-12H3/b25-24+/t28-,31+,33-,34-/m0/s1. The van der Waals surface area contributed by atoms with Gasteiger partial charge in [0.15, 0.2) is 8.32 Å². The molecule has 0 saturated carbocycles. The topological polar surface area (TPSA) is 81.7 Å². The van der Waals surface area contributed by atoms with E-state index in [1.165, 1.54) is 6.08 Å². The van der Waals surface area contributed by atoms with E-state index in [0.717, 1.165) is 10.4 Å². The first-order valence-corrected chi connectivity index (χ1v) is 20.9. The maximum atomic E-state index is 12.5. The van der Waals surface area contributed by atoms with Crippen molar-refractivity contribution in [3.63, 3.8) is 0 Å². The SMILES string of the molecule is CCOC(=O)/C=C/[C@@H](OCOC)[C@H](O[Si](C)(C)C(C)(C)C)[C@@H](OCOC)[C@H](C)O[Si](c1ccccc1)(c1ccccc1)C(C)(C)C. The van der Waals surface area contributed by atoms with Crippen molar-refractivity contribution in [2.75, 3.05) is 34.4 Å². The fourth-order valence-corrected chi connectivity index (χ4v) is 11.3. The molecule has 2 aromatic carbocycles. The molecular weight excluding hydrogens is 617 g/mol. The van der Waals surface area contributed by atoms with Crippen LogP contribution in [0.3, 0.4) is 0 Å². The number of carbonyl (C=O) groups excluding carboxylic acids is 1. The lowest BCUT2D eigenvalue weighted by Crippen LogP contribution is -2.69. The van der Waals surface area contributed by atoms with Crippen molar-refractivity contribution in [2.24, 2.45) is 0 Å². The Kier molecular flexibility index (Phi) is 15.5. The fourth-order valence-electron chi connectivity index (χ4n) is 5.29. The van der Waals surface area contributed by atoms with Crippen LogP contribution in [0.5, 0.6) is 0 Å². The summed E-state index contributed by atoms with van der Waals surface area (Å²) in [4.78, 5) is 12.5. The maximum absolute atomic E-state index is 12.5. The van der Waals surface area contributed by atoms with Crippen molar-refractivity contribution < 1.29 is 37.3 Å². The summed E-state index contributed by atoms with van der Waals surface area (Å²) in [7, 11) is -2.28. The molecule has 2 aromatic rings. The van der Waals surface area contributed by atoms with Gasteiger partial charge in [0.2, 0.25) is 0 Å². The zero-order valence-corrected chi connectivity index (χ0v) is 32.1. The summed E-state index contributed by atoms with van der Waals surface area (Å²) < 4.78 is 43.4. The van der Waals surface area contributed by atoms with Gasteiger partial charge in [0.05, 0.1) is 12.7 Å². The van der Waals surface area contributed by atoms with Crippen LogP contribution in [0.4, 0.5) is 0 Å². The van der Waals surface area contributed by atoms with Gasteiger partial charge >= 0.3 is 5.97 Å². The second-order valence-electron chi connectivity index (χ2n) is 14.0. The Bertz CT molecular complexity index is 1150. The average Bonchev–Trinajstić information content (AvgIpc) is 2.99. The number of carbonyl (C=O) groups is 1. The lowest BCUT2D eigenvalue weighted by Gasteiger charge is -2.48. The van der Waals surface area contributed by atoms with Crippen molar-refractivity contribution in [3.8, 4) is 0 Å². The normalized spacial score (nSPS) is 15.8. The van der Waals surface area contributed by atoms with Crippen LogP contribution in [0.2, 0.25) is 23.2 Å². The molecule has 0 aliphatic heterocycles. The number of ether oxygens (including phenoxy) is 5. The van der Waals surface area contributed by atoms with Gasteiger partial charge in [-0.05, 0) is 53.5 Å². The highest BCUT2D eigenvalue weighted by Crippen LogP contribution is 2.41. The molecule has 0 heterocycles. The third-order valence-corrected chi connectivity index (χ3v) is 18.2. The number of methoxy groups -OCH3 is 2. The van der Waals surface area contributed by atoms with E-state index in [0.29, 0.717) is 0 Å². The van der Waals surface area contributed by atoms with Crippen molar-refractivity contribution in [1.82, 2.24) is 0 Å². The Labute approximate surface area is 280 Å². The van der Waals surface area contributed by atoms with E-state index in [4.69, 9.17) is 32.5 Å². The van der Waals surface area contributed by atoms with Crippen molar-refractivity contribution in [2.45, 2.75) is 103 Å². The molecule has 0 unspecified atom stereocenters. The van der Waals surface area contributed by atoms with Gasteiger partial charge in [0.1, 0.15) is 31.9 Å². The predicted octanol–water partition coefficient (Wildman–Crippen LogP) is 6.44.